The summed E-state index contributed by atoms with van der Waals surface area (Å²) in [6.07, 6.45) is 0. The van der Waals surface area contributed by atoms with Crippen molar-refractivity contribution in [1.82, 2.24) is 15.0 Å². The minimum absolute atomic E-state index is 0.622. The van der Waals surface area contributed by atoms with E-state index >= 15 is 0 Å². The number of para-hydroxylation sites is 1. The van der Waals surface area contributed by atoms with Gasteiger partial charge in [0.2, 0.25) is 0 Å². The quantitative estimate of drug-likeness (QED) is 0.230. The molecule has 0 radical (unpaired) electrons. The van der Waals surface area contributed by atoms with Crippen LogP contribution in [0.4, 0.5) is 0 Å². The molecule has 0 N–H and O–H groups in total. The number of benzene rings is 6. The molecule has 4 heteroatoms. The Kier molecular flexibility index (Phi) is 5.42. The van der Waals surface area contributed by atoms with Gasteiger partial charge in [-0.3, -0.25) is 0 Å². The summed E-state index contributed by atoms with van der Waals surface area (Å²) >= 11 is 0. The van der Waals surface area contributed by atoms with Gasteiger partial charge in [-0.15, -0.1) is 0 Å². The minimum atomic E-state index is 0.622. The molecular weight excluding hydrogens is 502 g/mol. The van der Waals surface area contributed by atoms with E-state index in [0.29, 0.717) is 17.5 Å². The van der Waals surface area contributed by atoms with Crippen molar-refractivity contribution in [2.24, 2.45) is 0 Å². The molecule has 0 atom stereocenters. The Morgan fingerprint density at radius 3 is 1.83 bits per heavy atom. The van der Waals surface area contributed by atoms with Crippen LogP contribution in [0.15, 0.2) is 144 Å². The lowest BCUT2D eigenvalue weighted by Crippen LogP contribution is -2.00. The van der Waals surface area contributed by atoms with Crippen LogP contribution in [0.5, 0.6) is 0 Å². The number of rotatable bonds is 4. The monoisotopic (exact) mass is 525 g/mol. The summed E-state index contributed by atoms with van der Waals surface area (Å²) in [6, 6.07) is 47.5. The van der Waals surface area contributed by atoms with Crippen LogP contribution in [0.3, 0.4) is 0 Å². The summed E-state index contributed by atoms with van der Waals surface area (Å²) in [5.41, 5.74) is 6.74. The van der Waals surface area contributed by atoms with Gasteiger partial charge in [0.15, 0.2) is 17.5 Å². The predicted octanol–water partition coefficient (Wildman–Crippen LogP) is 9.59. The smallest absolute Gasteiger partial charge is 0.164 e. The first-order valence-electron chi connectivity index (χ1n) is 13.6. The average Bonchev–Trinajstić information content (AvgIpc) is 3.43. The summed E-state index contributed by atoms with van der Waals surface area (Å²) in [7, 11) is 0. The van der Waals surface area contributed by atoms with Gasteiger partial charge in [-0.25, -0.2) is 15.0 Å². The molecule has 0 bridgehead atoms. The molecule has 0 unspecified atom stereocenters. The number of furan rings is 1. The molecular formula is C37H23N3O. The van der Waals surface area contributed by atoms with E-state index in [0.717, 1.165) is 60.5 Å². The second-order valence-corrected chi connectivity index (χ2v) is 10.1. The van der Waals surface area contributed by atoms with Gasteiger partial charge in [-0.1, -0.05) is 121 Å². The highest BCUT2D eigenvalue weighted by atomic mass is 16.3. The Morgan fingerprint density at radius 2 is 1.00 bits per heavy atom. The average molecular weight is 526 g/mol. The van der Waals surface area contributed by atoms with Gasteiger partial charge in [0, 0.05) is 33.0 Å². The highest BCUT2D eigenvalue weighted by Gasteiger charge is 2.17. The van der Waals surface area contributed by atoms with E-state index < -0.39 is 0 Å². The number of fused-ring (bicyclic) bond motifs is 4. The van der Waals surface area contributed by atoms with Crippen LogP contribution in [-0.2, 0) is 0 Å². The molecule has 0 amide bonds. The fraction of sp³-hybridized carbons (Fsp3) is 0. The largest absolute Gasteiger partial charge is 0.455 e. The Labute approximate surface area is 236 Å². The molecule has 8 rings (SSSR count). The second-order valence-electron chi connectivity index (χ2n) is 10.1. The molecule has 0 spiro atoms. The lowest BCUT2D eigenvalue weighted by atomic mass is 10.0. The van der Waals surface area contributed by atoms with Crippen LogP contribution in [-0.4, -0.2) is 15.0 Å². The Morgan fingerprint density at radius 1 is 0.390 bits per heavy atom. The molecule has 0 fully saturated rings. The van der Waals surface area contributed by atoms with E-state index in [4.69, 9.17) is 19.4 Å². The lowest BCUT2D eigenvalue weighted by Gasteiger charge is -2.10. The van der Waals surface area contributed by atoms with Gasteiger partial charge in [-0.2, -0.15) is 0 Å². The zero-order valence-electron chi connectivity index (χ0n) is 22.0. The Balaban J connectivity index is 1.34. The first-order chi connectivity index (χ1) is 20.3. The maximum Gasteiger partial charge on any atom is 0.164 e. The molecule has 41 heavy (non-hydrogen) atoms. The van der Waals surface area contributed by atoms with E-state index in [-0.39, 0.29) is 0 Å². The van der Waals surface area contributed by atoms with E-state index in [1.54, 1.807) is 0 Å². The van der Waals surface area contributed by atoms with E-state index in [9.17, 15) is 0 Å². The van der Waals surface area contributed by atoms with Crippen LogP contribution in [0.1, 0.15) is 0 Å². The van der Waals surface area contributed by atoms with E-state index in [2.05, 4.69) is 66.7 Å². The van der Waals surface area contributed by atoms with Gasteiger partial charge >= 0.3 is 0 Å². The number of nitrogens with zero attached hydrogens (tertiary/aromatic N) is 3. The molecule has 0 saturated carbocycles. The molecule has 0 saturated heterocycles. The molecule has 8 aromatic rings. The maximum atomic E-state index is 6.41. The summed E-state index contributed by atoms with van der Waals surface area (Å²) in [5.74, 6) is 1.91. The minimum Gasteiger partial charge on any atom is -0.455 e. The summed E-state index contributed by atoms with van der Waals surface area (Å²) in [4.78, 5) is 15.0. The normalized spacial score (nSPS) is 11.4. The van der Waals surface area contributed by atoms with Crippen LogP contribution in [0.25, 0.3) is 78.0 Å². The molecule has 192 valence electrons. The third-order valence-electron chi connectivity index (χ3n) is 7.54. The highest BCUT2D eigenvalue weighted by molar-refractivity contribution is 6.10. The van der Waals surface area contributed by atoms with Crippen molar-refractivity contribution < 1.29 is 4.42 Å². The molecule has 2 heterocycles. The zero-order valence-corrected chi connectivity index (χ0v) is 22.0. The van der Waals surface area contributed by atoms with Crippen LogP contribution in [0.2, 0.25) is 0 Å². The van der Waals surface area contributed by atoms with Crippen LogP contribution >= 0.6 is 0 Å². The van der Waals surface area contributed by atoms with Gasteiger partial charge < -0.3 is 4.42 Å². The molecule has 6 aromatic carbocycles. The van der Waals surface area contributed by atoms with Crippen molar-refractivity contribution >= 4 is 32.7 Å². The fourth-order valence-electron chi connectivity index (χ4n) is 5.54. The fourth-order valence-corrected chi connectivity index (χ4v) is 5.54. The van der Waals surface area contributed by atoms with E-state index in [1.165, 1.54) is 0 Å². The van der Waals surface area contributed by atoms with Crippen molar-refractivity contribution in [2.45, 2.75) is 0 Å². The van der Waals surface area contributed by atoms with Crippen molar-refractivity contribution in [2.75, 3.05) is 0 Å². The van der Waals surface area contributed by atoms with Crippen molar-refractivity contribution in [3.8, 4) is 45.3 Å². The SMILES string of the molecule is c1ccc(-c2nc(-c3ccc4oc5c(-c6ccccc6)cccc5c4c3)nc(-c3cccc4ccccc34)n2)cc1. The number of aromatic nitrogens is 3. The third kappa shape index (κ3) is 4.05. The molecule has 4 nitrogen and oxygen atoms in total. The van der Waals surface area contributed by atoms with Crippen LogP contribution in [0, 0.1) is 0 Å². The molecule has 2 aromatic heterocycles. The van der Waals surface area contributed by atoms with Gasteiger partial charge in [-0.05, 0) is 34.5 Å². The molecule has 0 aliphatic rings. The topological polar surface area (TPSA) is 51.8 Å². The van der Waals surface area contributed by atoms with Gasteiger partial charge in [0.1, 0.15) is 11.2 Å². The standard InChI is InChI=1S/C37H23N3O/c1-3-11-25(12-4-1)29-18-10-19-30-32-23-27(21-22-33(32)41-34(29)30)36-38-35(26-14-5-2-6-15-26)39-37(40-36)31-20-9-16-24-13-7-8-17-28(24)31/h1-23H. The third-order valence-corrected chi connectivity index (χ3v) is 7.54. The summed E-state index contributed by atoms with van der Waals surface area (Å²) < 4.78 is 6.41. The number of hydrogen-bond donors (Lipinski definition) is 0. The second kappa shape index (κ2) is 9.54. The maximum absolute atomic E-state index is 6.41. The van der Waals surface area contributed by atoms with E-state index in [1.807, 2.05) is 72.8 Å². The summed E-state index contributed by atoms with van der Waals surface area (Å²) in [6.45, 7) is 0. The first kappa shape index (κ1) is 23.3. The summed E-state index contributed by atoms with van der Waals surface area (Å²) in [5, 5.41) is 4.35. The predicted molar refractivity (Wildman–Crippen MR) is 166 cm³/mol. The molecule has 0 aliphatic carbocycles. The lowest BCUT2D eigenvalue weighted by molar-refractivity contribution is 0.670. The first-order valence-corrected chi connectivity index (χ1v) is 13.6. The Hall–Kier alpha value is -5.61. The van der Waals surface area contributed by atoms with Crippen molar-refractivity contribution in [3.05, 3.63) is 140 Å². The highest BCUT2D eigenvalue weighted by Crippen LogP contribution is 2.37. The Bertz CT molecular complexity index is 2200. The number of hydrogen-bond acceptors (Lipinski definition) is 4. The van der Waals surface area contributed by atoms with Gasteiger partial charge in [0.05, 0.1) is 0 Å². The van der Waals surface area contributed by atoms with Crippen LogP contribution < -0.4 is 0 Å². The molecule has 0 aliphatic heterocycles. The van der Waals surface area contributed by atoms with Gasteiger partial charge in [0.25, 0.3) is 0 Å². The van der Waals surface area contributed by atoms with Crippen molar-refractivity contribution in [1.29, 1.82) is 0 Å². The van der Waals surface area contributed by atoms with Crippen molar-refractivity contribution in [3.63, 3.8) is 0 Å². The zero-order chi connectivity index (χ0) is 27.2.